The average Bonchev–Trinajstić information content (AvgIpc) is 3.77. The van der Waals surface area contributed by atoms with Crippen molar-refractivity contribution in [3.05, 3.63) is 23.2 Å². The molecule has 3 amide bonds. The number of nitrogens with zero attached hydrogens (tertiary/aromatic N) is 2. The van der Waals surface area contributed by atoms with Gasteiger partial charge in [-0.15, -0.1) is 11.3 Å². The third-order valence-electron chi connectivity index (χ3n) is 7.31. The molecule has 12 heteroatoms. The number of unbranched alkanes of at least 4 members (excludes halogenated alkanes) is 3. The molecule has 1 aromatic rings. The lowest BCUT2D eigenvalue weighted by atomic mass is 9.93. The second kappa shape index (κ2) is 13.9. The van der Waals surface area contributed by atoms with E-state index in [1.807, 2.05) is 5.38 Å². The molecule has 0 radical (unpaired) electrons. The predicted molar refractivity (Wildman–Crippen MR) is 158 cm³/mol. The monoisotopic (exact) mass is 595 g/mol. The van der Waals surface area contributed by atoms with Crippen LogP contribution in [0.5, 0.6) is 0 Å². The van der Waals surface area contributed by atoms with Crippen molar-refractivity contribution in [3.8, 4) is 0 Å². The Kier molecular flexibility index (Phi) is 11.2. The van der Waals surface area contributed by atoms with Gasteiger partial charge in [0.1, 0.15) is 6.04 Å². The molecule has 10 nitrogen and oxygen atoms in total. The largest absolute Gasteiger partial charge is 0.368 e. The van der Waals surface area contributed by atoms with Crippen LogP contribution in [0, 0.1) is 11.8 Å². The number of thiazole rings is 1. The lowest BCUT2D eigenvalue weighted by Crippen LogP contribution is -2.45. The zero-order valence-corrected chi connectivity index (χ0v) is 25.8. The summed E-state index contributed by atoms with van der Waals surface area (Å²) in [6.07, 6.45) is 12.5. The number of carbonyl (C=O) groups is 3. The van der Waals surface area contributed by atoms with Crippen molar-refractivity contribution in [3.63, 3.8) is 0 Å². The number of allylic oxidation sites excluding steroid dienone is 2. The van der Waals surface area contributed by atoms with Gasteiger partial charge in [0.05, 0.1) is 17.5 Å². The van der Waals surface area contributed by atoms with Crippen LogP contribution in [0.1, 0.15) is 91.2 Å². The molecule has 0 aromatic carbocycles. The molecule has 224 valence electrons. The first-order valence-electron chi connectivity index (χ1n) is 14.3. The van der Waals surface area contributed by atoms with Crippen molar-refractivity contribution in [2.45, 2.75) is 102 Å². The lowest BCUT2D eigenvalue weighted by molar-refractivity contribution is -0.135. The topological polar surface area (TPSA) is 152 Å². The van der Waals surface area contributed by atoms with Gasteiger partial charge in [-0.3, -0.25) is 19.1 Å². The number of nitrogens with two attached hydrogens (primary N) is 1. The van der Waals surface area contributed by atoms with Gasteiger partial charge in [0.2, 0.25) is 27.7 Å². The molecule has 2 aliphatic carbocycles. The van der Waals surface area contributed by atoms with E-state index in [2.05, 4.69) is 54.9 Å². The first-order chi connectivity index (χ1) is 18.8. The van der Waals surface area contributed by atoms with Crippen molar-refractivity contribution in [2.75, 3.05) is 18.4 Å². The fourth-order valence-electron chi connectivity index (χ4n) is 4.50. The van der Waals surface area contributed by atoms with Crippen molar-refractivity contribution in [1.29, 1.82) is 0 Å². The summed E-state index contributed by atoms with van der Waals surface area (Å²) < 4.78 is 25.5. The Labute approximate surface area is 242 Å². The van der Waals surface area contributed by atoms with Crippen molar-refractivity contribution in [2.24, 2.45) is 17.6 Å². The van der Waals surface area contributed by atoms with E-state index < -0.39 is 22.0 Å². The lowest BCUT2D eigenvalue weighted by Gasteiger charge is -2.22. The molecular weight excluding hydrogens is 550 g/mol. The molecule has 3 aliphatic rings. The maximum Gasteiger partial charge on any atom is 0.242 e. The number of aromatic nitrogens is 1. The highest BCUT2D eigenvalue weighted by Crippen LogP contribution is 2.40. The molecule has 1 aromatic heterocycles. The highest BCUT2D eigenvalue weighted by Gasteiger charge is 2.45. The normalized spacial score (nSPS) is 22.5. The van der Waals surface area contributed by atoms with Crippen molar-refractivity contribution >= 4 is 44.2 Å². The van der Waals surface area contributed by atoms with Gasteiger partial charge in [0, 0.05) is 23.3 Å². The summed E-state index contributed by atoms with van der Waals surface area (Å²) in [6.45, 7) is 9.20. The number of nitrogens with one attached hydrogen (secondary N) is 2. The molecular formula is C28H45N5O5S2. The zero-order chi connectivity index (χ0) is 29.5. The van der Waals surface area contributed by atoms with Crippen molar-refractivity contribution < 1.29 is 22.8 Å². The number of rotatable bonds is 12. The van der Waals surface area contributed by atoms with Gasteiger partial charge < -0.3 is 16.0 Å². The Balaban J connectivity index is 0.000000222. The molecule has 3 fully saturated rings. The van der Waals surface area contributed by atoms with Gasteiger partial charge in [0.15, 0.2) is 5.13 Å². The third kappa shape index (κ3) is 9.57. The highest BCUT2D eigenvalue weighted by atomic mass is 32.2. The number of sulfonamides is 1. The van der Waals surface area contributed by atoms with Gasteiger partial charge in [-0.1, -0.05) is 52.7 Å². The van der Waals surface area contributed by atoms with Crippen LogP contribution in [-0.2, 0) is 29.8 Å². The Hall–Kier alpha value is -2.47. The molecule has 1 saturated heterocycles. The van der Waals surface area contributed by atoms with Crippen molar-refractivity contribution in [1.82, 2.24) is 14.6 Å². The summed E-state index contributed by atoms with van der Waals surface area (Å²) in [5.41, 5.74) is 6.31. The molecule has 40 heavy (non-hydrogen) atoms. The fraction of sp³-hybridized carbons (Fsp3) is 0.714. The van der Waals surface area contributed by atoms with Crippen LogP contribution in [0.25, 0.3) is 0 Å². The SMILES string of the molecule is CC(C)(C)c1csc(NCC(=O)N2CCC[C@H]2C(N)=O)n1.CCCCC/C=C\[C@@H]1C[C@@H]1C(=O)NS(=O)(=O)C1CC1. The summed E-state index contributed by atoms with van der Waals surface area (Å²) in [6, 6.07) is -0.458. The standard InChI is InChI=1S/C14H22N4O2S.C14H23NO3S/c1-14(2,3)10-8-21-13(17-10)16-7-11(19)18-6-4-5-9(18)12(15)20;1-2-3-4-5-6-7-11-10-13(11)14(16)15-19(17,18)12-8-9-12/h8-9H,4-7H2,1-3H3,(H2,15,20)(H,16,17);6-7,11-13H,2-5,8-10H2,1H3,(H,15,16)/b;7-6-/t9-;11-,13+/m01/s1. The average molecular weight is 596 g/mol. The number of primary amides is 1. The van der Waals surface area contributed by atoms with E-state index in [4.69, 9.17) is 5.73 Å². The number of hydrogen-bond donors (Lipinski definition) is 3. The van der Waals surface area contributed by atoms with Gasteiger partial charge in [-0.05, 0) is 50.9 Å². The number of anilines is 1. The molecule has 1 aliphatic heterocycles. The van der Waals surface area contributed by atoms with Gasteiger partial charge in [-0.25, -0.2) is 13.4 Å². The highest BCUT2D eigenvalue weighted by molar-refractivity contribution is 7.90. The maximum absolute atomic E-state index is 12.2. The number of hydrogen-bond acceptors (Lipinski definition) is 8. The molecule has 4 N–H and O–H groups in total. The molecule has 4 rings (SSSR count). The smallest absolute Gasteiger partial charge is 0.242 e. The minimum Gasteiger partial charge on any atom is -0.368 e. The van der Waals surface area contributed by atoms with Crippen LogP contribution < -0.4 is 15.8 Å². The number of amides is 3. The maximum atomic E-state index is 12.2. The fourth-order valence-corrected chi connectivity index (χ4v) is 6.79. The second-order valence-corrected chi connectivity index (χ2v) is 14.7. The number of likely N-dealkylation sites (tertiary alicyclic amines) is 1. The van der Waals surface area contributed by atoms with E-state index >= 15 is 0 Å². The first-order valence-corrected chi connectivity index (χ1v) is 16.8. The van der Waals surface area contributed by atoms with Gasteiger partial charge in [-0.2, -0.15) is 0 Å². The minimum atomic E-state index is -3.37. The molecule has 0 bridgehead atoms. The summed E-state index contributed by atoms with van der Waals surface area (Å²) in [5.74, 6) is -0.726. The van der Waals surface area contributed by atoms with Crippen LogP contribution in [0.3, 0.4) is 0 Å². The Bertz CT molecular complexity index is 1170. The predicted octanol–water partition coefficient (Wildman–Crippen LogP) is 3.70. The summed E-state index contributed by atoms with van der Waals surface area (Å²) in [5, 5.41) is 5.44. The first kappa shape index (κ1) is 32.0. The van der Waals surface area contributed by atoms with E-state index in [1.54, 1.807) is 4.90 Å². The summed E-state index contributed by atoms with van der Waals surface area (Å²) in [7, 11) is -3.37. The van der Waals surface area contributed by atoms with E-state index in [0.717, 1.165) is 30.1 Å². The van der Waals surface area contributed by atoms with E-state index in [1.165, 1.54) is 30.6 Å². The minimum absolute atomic E-state index is 0.00748. The summed E-state index contributed by atoms with van der Waals surface area (Å²) in [4.78, 5) is 41.3. The molecule has 2 heterocycles. The van der Waals surface area contributed by atoms with E-state index in [-0.39, 0.29) is 40.9 Å². The molecule has 0 spiro atoms. The van der Waals surface area contributed by atoms with Crippen LogP contribution in [0.15, 0.2) is 17.5 Å². The summed E-state index contributed by atoms with van der Waals surface area (Å²) >= 11 is 1.48. The van der Waals surface area contributed by atoms with Crippen LogP contribution in [0.4, 0.5) is 5.13 Å². The number of carbonyl (C=O) groups excluding carboxylic acids is 3. The quantitative estimate of drug-likeness (QED) is 0.246. The van der Waals surface area contributed by atoms with Gasteiger partial charge in [0.25, 0.3) is 0 Å². The van der Waals surface area contributed by atoms with Gasteiger partial charge >= 0.3 is 0 Å². The molecule has 2 saturated carbocycles. The Morgan fingerprint density at radius 3 is 2.52 bits per heavy atom. The van der Waals surface area contributed by atoms with Crippen LogP contribution in [0.2, 0.25) is 0 Å². The van der Waals surface area contributed by atoms with E-state index in [0.29, 0.717) is 25.8 Å². The third-order valence-corrected chi connectivity index (χ3v) is 9.94. The Morgan fingerprint density at radius 1 is 1.20 bits per heavy atom. The van der Waals surface area contributed by atoms with Crippen LogP contribution in [-0.4, -0.2) is 60.4 Å². The second-order valence-electron chi connectivity index (χ2n) is 11.9. The molecule has 0 unspecified atom stereocenters. The zero-order valence-electron chi connectivity index (χ0n) is 24.1. The van der Waals surface area contributed by atoms with Crippen LogP contribution >= 0.6 is 11.3 Å². The molecule has 3 atom stereocenters. The Morgan fingerprint density at radius 2 is 1.93 bits per heavy atom. The van der Waals surface area contributed by atoms with E-state index in [9.17, 15) is 22.8 Å².